The second-order valence-electron chi connectivity index (χ2n) is 7.09. The summed E-state index contributed by atoms with van der Waals surface area (Å²) in [6.07, 6.45) is 4.36. The molecule has 28 heavy (non-hydrogen) atoms. The molecule has 2 aromatic heterocycles. The highest BCUT2D eigenvalue weighted by atomic mass is 32.1. The fraction of sp³-hybridized carbons (Fsp3) is 0.318. The van der Waals surface area contributed by atoms with Gasteiger partial charge in [0.1, 0.15) is 0 Å². The van der Waals surface area contributed by atoms with E-state index in [1.807, 2.05) is 40.6 Å². The van der Waals surface area contributed by atoms with E-state index in [-0.39, 0.29) is 12.1 Å². The molecule has 3 rings (SSSR count). The van der Waals surface area contributed by atoms with Gasteiger partial charge in [0.2, 0.25) is 0 Å². The van der Waals surface area contributed by atoms with E-state index < -0.39 is 0 Å². The molecule has 1 atom stereocenters. The molecule has 5 nitrogen and oxygen atoms in total. The average molecular weight is 395 g/mol. The van der Waals surface area contributed by atoms with Gasteiger partial charge in [-0.3, -0.25) is 10.3 Å². The van der Waals surface area contributed by atoms with Gasteiger partial charge in [0, 0.05) is 29.9 Å². The molecule has 0 spiro atoms. The van der Waals surface area contributed by atoms with Crippen molar-refractivity contribution in [3.05, 3.63) is 65.8 Å². The number of nitrogens with zero attached hydrogens (tertiary/aromatic N) is 3. The number of carbonyl (C=O) groups is 1. The van der Waals surface area contributed by atoms with Gasteiger partial charge in [0.15, 0.2) is 5.13 Å². The minimum atomic E-state index is -0.114. The number of urea groups is 1. The van der Waals surface area contributed by atoms with Crippen LogP contribution < -0.4 is 5.32 Å². The van der Waals surface area contributed by atoms with Crippen LogP contribution in [-0.2, 0) is 0 Å². The normalized spacial score (nSPS) is 12.0. The quantitative estimate of drug-likeness (QED) is 0.547. The molecule has 0 saturated heterocycles. The molecular weight excluding hydrogens is 368 g/mol. The van der Waals surface area contributed by atoms with E-state index in [9.17, 15) is 4.79 Å². The summed E-state index contributed by atoms with van der Waals surface area (Å²) in [4.78, 5) is 23.7. The van der Waals surface area contributed by atoms with Gasteiger partial charge in [-0.05, 0) is 30.0 Å². The van der Waals surface area contributed by atoms with Gasteiger partial charge in [0.25, 0.3) is 0 Å². The van der Waals surface area contributed by atoms with Gasteiger partial charge in [-0.15, -0.1) is 11.3 Å². The Hall–Kier alpha value is -2.73. The van der Waals surface area contributed by atoms with Gasteiger partial charge in [-0.25, -0.2) is 9.78 Å². The molecule has 0 bridgehead atoms. The summed E-state index contributed by atoms with van der Waals surface area (Å²) in [7, 11) is 0. The van der Waals surface area contributed by atoms with E-state index in [0.29, 0.717) is 17.6 Å². The van der Waals surface area contributed by atoms with Gasteiger partial charge < -0.3 is 4.90 Å². The molecule has 0 aliphatic carbocycles. The third-order valence-corrected chi connectivity index (χ3v) is 5.20. The smallest absolute Gasteiger partial charge is 0.317 e. The predicted octanol–water partition coefficient (Wildman–Crippen LogP) is 5.85. The van der Waals surface area contributed by atoms with Crippen molar-refractivity contribution in [2.45, 2.75) is 33.2 Å². The number of pyridine rings is 1. The first kappa shape index (κ1) is 20.0. The molecule has 146 valence electrons. The topological polar surface area (TPSA) is 58.1 Å². The summed E-state index contributed by atoms with van der Waals surface area (Å²) in [5.74, 6) is 0.366. The van der Waals surface area contributed by atoms with Crippen molar-refractivity contribution < 1.29 is 4.79 Å². The third kappa shape index (κ3) is 4.95. The summed E-state index contributed by atoms with van der Waals surface area (Å²) in [5.41, 5.74) is 2.91. The maximum Gasteiger partial charge on any atom is 0.324 e. The molecule has 0 aliphatic heterocycles. The summed E-state index contributed by atoms with van der Waals surface area (Å²) in [6, 6.07) is 14.0. The monoisotopic (exact) mass is 394 g/mol. The number of carbonyl (C=O) groups excluding carboxylic acids is 1. The predicted molar refractivity (Wildman–Crippen MR) is 115 cm³/mol. The Balaban J connectivity index is 1.79. The maximum atomic E-state index is 13.1. The second kappa shape index (κ2) is 9.46. The van der Waals surface area contributed by atoms with E-state index in [0.717, 1.165) is 23.2 Å². The first-order chi connectivity index (χ1) is 13.6. The molecule has 3 aromatic rings. The summed E-state index contributed by atoms with van der Waals surface area (Å²) < 4.78 is 0. The van der Waals surface area contributed by atoms with Crippen LogP contribution in [0.1, 0.15) is 38.8 Å². The van der Waals surface area contributed by atoms with Crippen LogP contribution in [0, 0.1) is 5.92 Å². The van der Waals surface area contributed by atoms with Gasteiger partial charge in [-0.2, -0.15) is 0 Å². The molecular formula is C22H26N4OS. The van der Waals surface area contributed by atoms with Crippen LogP contribution in [0.15, 0.2) is 60.2 Å². The first-order valence-electron chi connectivity index (χ1n) is 9.57. The molecule has 0 fully saturated rings. The van der Waals surface area contributed by atoms with E-state index in [2.05, 4.69) is 48.2 Å². The van der Waals surface area contributed by atoms with E-state index in [1.165, 1.54) is 11.3 Å². The number of aromatic nitrogens is 2. The Kier molecular flexibility index (Phi) is 6.76. The van der Waals surface area contributed by atoms with Gasteiger partial charge in [-0.1, -0.05) is 51.1 Å². The van der Waals surface area contributed by atoms with E-state index in [4.69, 9.17) is 0 Å². The number of thiazole rings is 1. The summed E-state index contributed by atoms with van der Waals surface area (Å²) in [6.45, 7) is 7.05. The summed E-state index contributed by atoms with van der Waals surface area (Å²) >= 11 is 1.43. The van der Waals surface area contributed by atoms with Crippen LogP contribution >= 0.6 is 11.3 Å². The van der Waals surface area contributed by atoms with Crippen molar-refractivity contribution in [3.8, 4) is 11.3 Å². The number of rotatable bonds is 7. The number of benzene rings is 1. The van der Waals surface area contributed by atoms with Crippen molar-refractivity contribution >= 4 is 22.5 Å². The number of amides is 2. The van der Waals surface area contributed by atoms with Gasteiger partial charge >= 0.3 is 6.03 Å². The highest BCUT2D eigenvalue weighted by Crippen LogP contribution is 2.28. The fourth-order valence-electron chi connectivity index (χ4n) is 3.20. The number of hydrogen-bond donors (Lipinski definition) is 1. The van der Waals surface area contributed by atoms with Crippen molar-refractivity contribution in [2.75, 3.05) is 11.9 Å². The lowest BCUT2D eigenvalue weighted by Gasteiger charge is -2.32. The molecule has 6 heteroatoms. The molecule has 0 saturated carbocycles. The Morgan fingerprint density at radius 1 is 1.18 bits per heavy atom. The van der Waals surface area contributed by atoms with Crippen LogP contribution in [-0.4, -0.2) is 27.4 Å². The van der Waals surface area contributed by atoms with Crippen molar-refractivity contribution in [2.24, 2.45) is 5.92 Å². The zero-order valence-corrected chi connectivity index (χ0v) is 17.3. The van der Waals surface area contributed by atoms with Crippen molar-refractivity contribution in [1.82, 2.24) is 14.9 Å². The lowest BCUT2D eigenvalue weighted by atomic mass is 10.0. The SMILES string of the molecule is CCC(c1ccccc1)N(CC(C)C)C(=O)Nc1nc(-c2cccnc2)cs1. The van der Waals surface area contributed by atoms with Crippen LogP contribution in [0.25, 0.3) is 11.3 Å². The lowest BCUT2D eigenvalue weighted by Crippen LogP contribution is -2.40. The van der Waals surface area contributed by atoms with Crippen LogP contribution in [0.2, 0.25) is 0 Å². The Morgan fingerprint density at radius 2 is 1.96 bits per heavy atom. The number of hydrogen-bond acceptors (Lipinski definition) is 4. The fourth-order valence-corrected chi connectivity index (χ4v) is 3.91. The number of anilines is 1. The lowest BCUT2D eigenvalue weighted by molar-refractivity contribution is 0.176. The molecule has 1 N–H and O–H groups in total. The standard InChI is InChI=1S/C22H26N4OS/c1-4-20(17-9-6-5-7-10-17)26(14-16(2)3)22(27)25-21-24-19(15-28-21)18-11-8-12-23-13-18/h5-13,15-16,20H,4,14H2,1-3H3,(H,24,25,27). The van der Waals surface area contributed by atoms with E-state index >= 15 is 0 Å². The Bertz CT molecular complexity index is 880. The second-order valence-corrected chi connectivity index (χ2v) is 7.95. The van der Waals surface area contributed by atoms with Crippen LogP contribution in [0.3, 0.4) is 0 Å². The Morgan fingerprint density at radius 3 is 2.61 bits per heavy atom. The van der Waals surface area contributed by atoms with E-state index in [1.54, 1.807) is 12.4 Å². The molecule has 1 unspecified atom stereocenters. The molecule has 0 aliphatic rings. The largest absolute Gasteiger partial charge is 0.324 e. The Labute approximate surface area is 170 Å². The molecule has 1 aromatic carbocycles. The molecule has 0 radical (unpaired) electrons. The van der Waals surface area contributed by atoms with Crippen LogP contribution in [0.5, 0.6) is 0 Å². The van der Waals surface area contributed by atoms with Crippen molar-refractivity contribution in [1.29, 1.82) is 0 Å². The third-order valence-electron chi connectivity index (χ3n) is 4.45. The molecule has 2 amide bonds. The zero-order chi connectivity index (χ0) is 19.9. The number of nitrogens with one attached hydrogen (secondary N) is 1. The zero-order valence-electron chi connectivity index (χ0n) is 16.5. The summed E-state index contributed by atoms with van der Waals surface area (Å²) in [5, 5.41) is 5.53. The minimum absolute atomic E-state index is 0.0290. The van der Waals surface area contributed by atoms with Crippen LogP contribution in [0.4, 0.5) is 9.93 Å². The first-order valence-corrected chi connectivity index (χ1v) is 10.4. The average Bonchev–Trinajstić information content (AvgIpc) is 3.17. The maximum absolute atomic E-state index is 13.1. The molecule has 2 heterocycles. The highest BCUT2D eigenvalue weighted by molar-refractivity contribution is 7.14. The minimum Gasteiger partial charge on any atom is -0.317 e. The van der Waals surface area contributed by atoms with Crippen molar-refractivity contribution in [3.63, 3.8) is 0 Å². The van der Waals surface area contributed by atoms with Gasteiger partial charge in [0.05, 0.1) is 11.7 Å². The highest BCUT2D eigenvalue weighted by Gasteiger charge is 2.25.